The van der Waals surface area contributed by atoms with Crippen molar-refractivity contribution in [2.75, 3.05) is 59.4 Å². The molecular formula is C33H40ClF3N6O5. The number of H-pyrrole nitrogens is 1. The number of phenolic OH excluding ortho intramolecular Hbond substituents is 1. The summed E-state index contributed by atoms with van der Waals surface area (Å²) in [5.74, 6) is -1.60. The number of halogens is 4. The van der Waals surface area contributed by atoms with Gasteiger partial charge in [0, 0.05) is 57.8 Å². The van der Waals surface area contributed by atoms with Crippen LogP contribution in [0.1, 0.15) is 42.9 Å². The average molecular weight is 693 g/mol. The van der Waals surface area contributed by atoms with Crippen LogP contribution in [0.15, 0.2) is 41.2 Å². The topological polar surface area (TPSA) is 114 Å². The number of amides is 2. The number of likely N-dealkylation sites (tertiary alicyclic amines) is 2. The van der Waals surface area contributed by atoms with Gasteiger partial charge in [-0.1, -0.05) is 23.7 Å². The van der Waals surface area contributed by atoms with Gasteiger partial charge in [-0.05, 0) is 75.6 Å². The summed E-state index contributed by atoms with van der Waals surface area (Å²) in [4.78, 5) is 50.7. The fourth-order valence-corrected chi connectivity index (χ4v) is 7.44. The highest BCUT2D eigenvalue weighted by Crippen LogP contribution is 2.40. The fraction of sp³-hybridized carbons (Fsp3) is 0.545. The molecule has 4 heterocycles. The van der Waals surface area contributed by atoms with E-state index >= 15 is 0 Å². The third-order valence-corrected chi connectivity index (χ3v) is 10.2. The first-order valence-corrected chi connectivity index (χ1v) is 16.7. The summed E-state index contributed by atoms with van der Waals surface area (Å²) in [7, 11) is 2.10. The van der Waals surface area contributed by atoms with Gasteiger partial charge in [0.1, 0.15) is 5.75 Å². The molecule has 3 fully saturated rings. The number of alkyl halides is 3. The van der Waals surface area contributed by atoms with Gasteiger partial charge in [0.15, 0.2) is 6.10 Å². The molecule has 1 atom stereocenters. The Morgan fingerprint density at radius 1 is 0.958 bits per heavy atom. The largest absolute Gasteiger partial charge is 0.506 e. The molecular weight excluding hydrogens is 653 g/mol. The third-order valence-electron chi connectivity index (χ3n) is 9.91. The second kappa shape index (κ2) is 14.0. The first-order chi connectivity index (χ1) is 22.9. The van der Waals surface area contributed by atoms with Crippen molar-refractivity contribution in [1.29, 1.82) is 0 Å². The summed E-state index contributed by atoms with van der Waals surface area (Å²) in [6.07, 6.45) is -4.40. The number of carbonyl (C=O) groups excluding carboxylic acids is 2. The predicted molar refractivity (Wildman–Crippen MR) is 173 cm³/mol. The molecule has 3 saturated heterocycles. The van der Waals surface area contributed by atoms with Gasteiger partial charge in [-0.3, -0.25) is 14.3 Å². The van der Waals surface area contributed by atoms with E-state index in [1.807, 2.05) is 24.3 Å². The molecule has 6 rings (SSSR count). The Balaban J connectivity index is 1.16. The van der Waals surface area contributed by atoms with E-state index in [0.29, 0.717) is 45.1 Å². The van der Waals surface area contributed by atoms with Crippen molar-refractivity contribution in [3.63, 3.8) is 0 Å². The molecule has 11 nitrogen and oxygen atoms in total. The lowest BCUT2D eigenvalue weighted by molar-refractivity contribution is -0.143. The monoisotopic (exact) mass is 692 g/mol. The summed E-state index contributed by atoms with van der Waals surface area (Å²) in [5.41, 5.74) is -0.0658. The molecule has 3 aromatic rings. The van der Waals surface area contributed by atoms with Crippen molar-refractivity contribution in [2.45, 2.75) is 56.5 Å². The molecule has 2 aromatic carbocycles. The zero-order chi connectivity index (χ0) is 34.2. The van der Waals surface area contributed by atoms with E-state index in [1.54, 1.807) is 9.47 Å². The number of rotatable bonds is 6. The fourth-order valence-electron chi connectivity index (χ4n) is 7.19. The van der Waals surface area contributed by atoms with E-state index < -0.39 is 40.6 Å². The predicted octanol–water partition coefficient (Wildman–Crippen LogP) is 4.33. The first kappa shape index (κ1) is 34.1. The Labute approximate surface area is 280 Å². The number of aromatic nitrogens is 2. The summed E-state index contributed by atoms with van der Waals surface area (Å²) >= 11 is 5.97. The highest BCUT2D eigenvalue weighted by atomic mass is 35.5. The molecule has 48 heavy (non-hydrogen) atoms. The molecule has 0 aliphatic carbocycles. The van der Waals surface area contributed by atoms with Gasteiger partial charge in [-0.15, -0.1) is 0 Å². The molecule has 1 aromatic heterocycles. The second-order valence-electron chi connectivity index (χ2n) is 13.0. The Morgan fingerprint density at radius 2 is 1.60 bits per heavy atom. The van der Waals surface area contributed by atoms with E-state index in [2.05, 4.69) is 21.8 Å². The average Bonchev–Trinajstić information content (AvgIpc) is 3.41. The minimum absolute atomic E-state index is 0.00124. The molecule has 0 radical (unpaired) electrons. The number of carbonyl (C=O) groups is 2. The molecule has 3 aliphatic heterocycles. The van der Waals surface area contributed by atoms with Gasteiger partial charge < -0.3 is 29.5 Å². The lowest BCUT2D eigenvalue weighted by atomic mass is 10.0. The number of hydrogen-bond donors (Lipinski definition) is 2. The number of fused-ring (bicyclic) bond motifs is 1. The van der Waals surface area contributed by atoms with Crippen LogP contribution < -0.4 is 5.69 Å². The van der Waals surface area contributed by atoms with E-state index in [9.17, 15) is 32.7 Å². The van der Waals surface area contributed by atoms with Crippen LogP contribution in [0, 0.1) is 0 Å². The molecule has 0 spiro atoms. The van der Waals surface area contributed by atoms with Crippen LogP contribution in [0.5, 0.6) is 5.75 Å². The smallest absolute Gasteiger partial charge is 0.420 e. The summed E-state index contributed by atoms with van der Waals surface area (Å²) in [6.45, 7) is 4.61. The number of piperazine rings is 1. The number of nitrogens with zero attached hydrogens (tertiary/aromatic N) is 5. The standard InChI is InChI=1S/C33H40ClF3N6O5/c1-39-10-6-22(7-11-39)40-14-16-41(17-15-40)30(45)28(20-21-18-24(33(35,36)37)29(44)25(34)19-21)48-32(47)42-12-8-23(9-13-42)43-27-5-3-2-4-26(27)38-31(43)46/h2-5,18-19,22-23,28,44H,6-17,20H2,1H3,(H,38,46)/t28-/m1/s1. The highest BCUT2D eigenvalue weighted by Gasteiger charge is 2.38. The summed E-state index contributed by atoms with van der Waals surface area (Å²) < 4.78 is 48.6. The lowest BCUT2D eigenvalue weighted by Gasteiger charge is -2.42. The zero-order valence-corrected chi connectivity index (χ0v) is 27.5. The highest BCUT2D eigenvalue weighted by molar-refractivity contribution is 6.32. The minimum Gasteiger partial charge on any atom is -0.506 e. The van der Waals surface area contributed by atoms with E-state index in [0.717, 1.165) is 49.1 Å². The van der Waals surface area contributed by atoms with Gasteiger partial charge in [0.2, 0.25) is 0 Å². The van der Waals surface area contributed by atoms with Crippen molar-refractivity contribution < 1.29 is 32.6 Å². The van der Waals surface area contributed by atoms with Crippen LogP contribution in [0.3, 0.4) is 0 Å². The van der Waals surface area contributed by atoms with Crippen molar-refractivity contribution >= 4 is 34.6 Å². The maximum absolute atomic E-state index is 13.9. The number of phenols is 1. The first-order valence-electron chi connectivity index (χ1n) is 16.3. The molecule has 2 amide bonds. The minimum atomic E-state index is -4.89. The molecule has 0 saturated carbocycles. The third kappa shape index (κ3) is 7.30. The van der Waals surface area contributed by atoms with Gasteiger partial charge in [0.25, 0.3) is 5.91 Å². The van der Waals surface area contributed by atoms with Gasteiger partial charge in [-0.25, -0.2) is 9.59 Å². The number of ether oxygens (including phenoxy) is 1. The number of nitrogens with one attached hydrogen (secondary N) is 1. The van der Waals surface area contributed by atoms with Crippen LogP contribution in [0.25, 0.3) is 11.0 Å². The van der Waals surface area contributed by atoms with Crippen molar-refractivity contribution in [3.8, 4) is 5.75 Å². The SMILES string of the molecule is CN1CCC(N2CCN(C(=O)[C@@H](Cc3cc(Cl)c(O)c(C(F)(F)F)c3)OC(=O)N3CCC(n4c(=O)[nH]c5ccccc54)CC3)CC2)CC1. The number of para-hydroxylation sites is 2. The molecule has 2 N–H and O–H groups in total. The van der Waals surface area contributed by atoms with Gasteiger partial charge in [-0.2, -0.15) is 13.2 Å². The van der Waals surface area contributed by atoms with Crippen LogP contribution in [-0.2, 0) is 22.1 Å². The van der Waals surface area contributed by atoms with Crippen LogP contribution in [0.4, 0.5) is 18.0 Å². The van der Waals surface area contributed by atoms with Crippen molar-refractivity contribution in [3.05, 3.63) is 63.0 Å². The van der Waals surface area contributed by atoms with Crippen LogP contribution in [-0.4, -0.2) is 118 Å². The lowest BCUT2D eigenvalue weighted by Crippen LogP contribution is -2.56. The van der Waals surface area contributed by atoms with Crippen molar-refractivity contribution in [2.24, 2.45) is 0 Å². The maximum atomic E-state index is 13.9. The van der Waals surface area contributed by atoms with Gasteiger partial charge in [0.05, 0.1) is 21.6 Å². The normalized spacial score (nSPS) is 19.9. The Morgan fingerprint density at radius 3 is 2.27 bits per heavy atom. The Kier molecular flexibility index (Phi) is 9.96. The van der Waals surface area contributed by atoms with E-state index in [4.69, 9.17) is 16.3 Å². The quantitative estimate of drug-likeness (QED) is 0.396. The summed E-state index contributed by atoms with van der Waals surface area (Å²) in [5, 5.41) is 9.47. The van der Waals surface area contributed by atoms with Gasteiger partial charge >= 0.3 is 18.0 Å². The van der Waals surface area contributed by atoms with Crippen molar-refractivity contribution in [1.82, 2.24) is 29.2 Å². The number of piperidine rings is 2. The second-order valence-corrected chi connectivity index (χ2v) is 13.4. The molecule has 260 valence electrons. The number of hydrogen-bond acceptors (Lipinski definition) is 7. The molecule has 0 bridgehead atoms. The Bertz CT molecular complexity index is 1690. The van der Waals surface area contributed by atoms with E-state index in [-0.39, 0.29) is 36.8 Å². The molecule has 15 heteroatoms. The maximum Gasteiger partial charge on any atom is 0.420 e. The number of aromatic hydroxyl groups is 1. The molecule has 3 aliphatic rings. The zero-order valence-electron chi connectivity index (χ0n) is 26.7. The summed E-state index contributed by atoms with van der Waals surface area (Å²) in [6, 6.07) is 9.53. The number of imidazole rings is 1. The van der Waals surface area contributed by atoms with Crippen LogP contribution >= 0.6 is 11.6 Å². The molecule has 0 unspecified atom stereocenters. The van der Waals surface area contributed by atoms with E-state index in [1.165, 1.54) is 4.90 Å². The Hall–Kier alpha value is -3.75. The number of benzene rings is 2. The van der Waals surface area contributed by atoms with Crippen LogP contribution in [0.2, 0.25) is 5.02 Å². The number of aromatic amines is 1.